The van der Waals surface area contributed by atoms with Gasteiger partial charge in [0, 0.05) is 11.3 Å². The van der Waals surface area contributed by atoms with Gasteiger partial charge in [0.1, 0.15) is 0 Å². The van der Waals surface area contributed by atoms with Crippen LogP contribution in [0.1, 0.15) is 52.4 Å². The zero-order valence-corrected chi connectivity index (χ0v) is 16.6. The predicted octanol–water partition coefficient (Wildman–Crippen LogP) is 5.07. The minimum Gasteiger partial charge on any atom is -0.224 e. The minimum atomic E-state index is -3.56. The predicted molar refractivity (Wildman–Crippen MR) is 103 cm³/mol. The van der Waals surface area contributed by atoms with Gasteiger partial charge in [-0.1, -0.05) is 57.2 Å². The Hall–Kier alpha value is -0.630. The molecule has 0 bridgehead atoms. The topological polar surface area (TPSA) is 50.3 Å². The Labute approximate surface area is 152 Å². The van der Waals surface area contributed by atoms with E-state index in [0.717, 1.165) is 42.3 Å². The molecule has 3 rings (SSSR count). The third-order valence-electron chi connectivity index (χ3n) is 4.46. The van der Waals surface area contributed by atoms with Gasteiger partial charge in [-0.15, -0.1) is 15.0 Å². The average molecular weight is 385 g/mol. The first-order chi connectivity index (χ1) is 11.5. The Bertz CT molecular complexity index is 749. The molecule has 0 saturated heterocycles. The Morgan fingerprint density at radius 3 is 2.67 bits per heavy atom. The van der Waals surface area contributed by atoms with Gasteiger partial charge in [-0.2, -0.15) is 0 Å². The van der Waals surface area contributed by atoms with Crippen LogP contribution in [0.2, 0.25) is 0 Å². The fourth-order valence-corrected chi connectivity index (χ4v) is 7.65. The molecule has 0 aliphatic heterocycles. The Kier molecular flexibility index (Phi) is 5.85. The third kappa shape index (κ3) is 3.79. The molecular formula is C17H24N2O2S3. The zero-order valence-electron chi connectivity index (χ0n) is 14.1. The number of thiazole rings is 1. The quantitative estimate of drug-likeness (QED) is 0.653. The van der Waals surface area contributed by atoms with Crippen LogP contribution in [0.4, 0.5) is 0 Å². The maximum Gasteiger partial charge on any atom is 0.279 e. The number of hydrogen-bond donors (Lipinski definition) is 0. The normalized spacial score (nSPS) is 18.3. The molecule has 1 saturated carbocycles. The highest BCUT2D eigenvalue weighted by atomic mass is 32.3. The van der Waals surface area contributed by atoms with Crippen LogP contribution >= 0.6 is 23.3 Å². The first-order valence-electron chi connectivity index (χ1n) is 8.59. The molecule has 0 radical (unpaired) electrons. The molecule has 0 spiro atoms. The van der Waals surface area contributed by atoms with Crippen molar-refractivity contribution in [3.8, 4) is 0 Å². The van der Waals surface area contributed by atoms with Crippen LogP contribution in [0.25, 0.3) is 10.2 Å². The van der Waals surface area contributed by atoms with Crippen molar-refractivity contribution in [2.24, 2.45) is 0 Å². The van der Waals surface area contributed by atoms with Gasteiger partial charge in [0.05, 0.1) is 10.2 Å². The Morgan fingerprint density at radius 2 is 2.00 bits per heavy atom. The smallest absolute Gasteiger partial charge is 0.224 e. The molecule has 1 atom stereocenters. The molecule has 1 unspecified atom stereocenters. The molecule has 0 amide bonds. The van der Waals surface area contributed by atoms with Gasteiger partial charge in [0.2, 0.25) is 4.34 Å². The van der Waals surface area contributed by atoms with Gasteiger partial charge >= 0.3 is 0 Å². The summed E-state index contributed by atoms with van der Waals surface area (Å²) < 4.78 is 29.4. The second-order valence-electron chi connectivity index (χ2n) is 6.32. The first kappa shape index (κ1) is 18.2. The van der Waals surface area contributed by atoms with Crippen LogP contribution in [0.15, 0.2) is 28.6 Å². The highest BCUT2D eigenvalue weighted by molar-refractivity contribution is 8.09. The summed E-state index contributed by atoms with van der Waals surface area (Å²) >= 11 is 2.75. The van der Waals surface area contributed by atoms with Crippen LogP contribution in [0.3, 0.4) is 0 Å². The number of rotatable bonds is 6. The molecule has 1 aliphatic carbocycles. The fraction of sp³-hybridized carbons (Fsp3) is 0.588. The minimum absolute atomic E-state index is 0.0924. The van der Waals surface area contributed by atoms with E-state index in [0.29, 0.717) is 0 Å². The lowest BCUT2D eigenvalue weighted by molar-refractivity contribution is 0.344. The Morgan fingerprint density at radius 1 is 1.29 bits per heavy atom. The van der Waals surface area contributed by atoms with Crippen molar-refractivity contribution in [2.45, 2.75) is 68.0 Å². The number of fused-ring (bicyclic) bond motifs is 1. The highest BCUT2D eigenvalue weighted by Crippen LogP contribution is 2.37. The van der Waals surface area contributed by atoms with Gasteiger partial charge in [-0.3, -0.25) is 0 Å². The van der Waals surface area contributed by atoms with E-state index in [1.807, 2.05) is 24.3 Å². The van der Waals surface area contributed by atoms with Crippen molar-refractivity contribution in [3.63, 3.8) is 0 Å². The van der Waals surface area contributed by atoms with E-state index in [2.05, 4.69) is 18.8 Å². The van der Waals surface area contributed by atoms with Gasteiger partial charge in [-0.25, -0.2) is 13.4 Å². The van der Waals surface area contributed by atoms with Gasteiger partial charge in [0.15, 0.2) is 0 Å². The van der Waals surface area contributed by atoms with E-state index in [1.165, 1.54) is 29.7 Å². The van der Waals surface area contributed by atoms with Crippen LogP contribution in [0, 0.1) is 0 Å². The van der Waals surface area contributed by atoms with E-state index in [4.69, 9.17) is 0 Å². The van der Waals surface area contributed by atoms with E-state index >= 15 is 0 Å². The molecule has 4 nitrogen and oxygen atoms in total. The number of nitrogens with zero attached hydrogens (tertiary/aromatic N) is 2. The Balaban J connectivity index is 1.96. The van der Waals surface area contributed by atoms with Crippen molar-refractivity contribution in [1.29, 1.82) is 0 Å². The maximum absolute atomic E-state index is 13.3. The molecule has 1 aliphatic rings. The molecule has 1 aromatic carbocycles. The third-order valence-corrected chi connectivity index (χ3v) is 9.53. The van der Waals surface area contributed by atoms with Crippen molar-refractivity contribution >= 4 is 43.5 Å². The zero-order chi connectivity index (χ0) is 17.2. The number of aromatic nitrogens is 1. The lowest BCUT2D eigenvalue weighted by atomic mass is 9.96. The summed E-state index contributed by atoms with van der Waals surface area (Å²) in [7, 11) is -3.56. The summed E-state index contributed by atoms with van der Waals surface area (Å²) in [6.07, 6.45) is 6.28. The van der Waals surface area contributed by atoms with Gasteiger partial charge in [-0.05, 0) is 31.4 Å². The number of para-hydroxylation sites is 1. The van der Waals surface area contributed by atoms with Gasteiger partial charge < -0.3 is 0 Å². The largest absolute Gasteiger partial charge is 0.279 e. The summed E-state index contributed by atoms with van der Waals surface area (Å²) in [5.74, 6) is 0. The molecule has 1 fully saturated rings. The van der Waals surface area contributed by atoms with Crippen molar-refractivity contribution < 1.29 is 8.42 Å². The van der Waals surface area contributed by atoms with Gasteiger partial charge in [0.25, 0.3) is 10.0 Å². The molecular weight excluding hydrogens is 360 g/mol. The van der Waals surface area contributed by atoms with Crippen LogP contribution in [-0.2, 0) is 10.0 Å². The number of benzene rings is 1. The summed E-state index contributed by atoms with van der Waals surface area (Å²) in [5.41, 5.74) is 0.762. The molecule has 1 aromatic heterocycles. The molecule has 24 heavy (non-hydrogen) atoms. The van der Waals surface area contributed by atoms with E-state index in [9.17, 15) is 8.42 Å². The lowest BCUT2D eigenvalue weighted by Gasteiger charge is -2.33. The standard InChI is InChI=1S/C17H24N2O2S3/c1-3-13(2)23-19(14-9-5-4-6-10-14)24(20,21)17-18-15-11-7-8-12-16(15)22-17/h7-8,11-14H,3-6,9-10H2,1-2H3. The number of sulfonamides is 1. The molecule has 132 valence electrons. The highest BCUT2D eigenvalue weighted by Gasteiger charge is 2.36. The summed E-state index contributed by atoms with van der Waals surface area (Å²) in [4.78, 5) is 4.41. The maximum atomic E-state index is 13.3. The number of hydrogen-bond acceptors (Lipinski definition) is 5. The SMILES string of the molecule is CCC(C)SN(C1CCCCC1)S(=O)(=O)c1nc2ccccc2s1. The van der Waals surface area contributed by atoms with E-state index in [-0.39, 0.29) is 15.6 Å². The monoisotopic (exact) mass is 384 g/mol. The van der Waals surface area contributed by atoms with Crippen molar-refractivity contribution in [1.82, 2.24) is 8.69 Å². The average Bonchev–Trinajstić information content (AvgIpc) is 3.05. The summed E-state index contributed by atoms with van der Waals surface area (Å²) in [5, 5.41) is 0.274. The lowest BCUT2D eigenvalue weighted by Crippen LogP contribution is -2.37. The first-order valence-corrected chi connectivity index (χ1v) is 11.7. The second kappa shape index (κ2) is 7.72. The summed E-state index contributed by atoms with van der Waals surface area (Å²) in [6.45, 7) is 4.19. The molecule has 0 N–H and O–H groups in total. The summed E-state index contributed by atoms with van der Waals surface area (Å²) in [6, 6.07) is 7.71. The fourth-order valence-electron chi connectivity index (χ4n) is 2.92. The van der Waals surface area contributed by atoms with Crippen LogP contribution in [-0.4, -0.2) is 28.4 Å². The van der Waals surface area contributed by atoms with E-state index in [1.54, 1.807) is 3.71 Å². The second-order valence-corrected chi connectivity index (χ2v) is 11.0. The van der Waals surface area contributed by atoms with Crippen LogP contribution in [0.5, 0.6) is 0 Å². The van der Waals surface area contributed by atoms with E-state index < -0.39 is 10.0 Å². The van der Waals surface area contributed by atoms with Crippen molar-refractivity contribution in [3.05, 3.63) is 24.3 Å². The molecule has 1 heterocycles. The molecule has 2 aromatic rings. The van der Waals surface area contributed by atoms with Crippen molar-refractivity contribution in [2.75, 3.05) is 0 Å². The van der Waals surface area contributed by atoms with Crippen LogP contribution < -0.4 is 0 Å². The molecule has 7 heteroatoms.